The average Bonchev–Trinajstić information content (AvgIpc) is 3.24. The lowest BCUT2D eigenvalue weighted by atomic mass is 10.1. The van der Waals surface area contributed by atoms with Crippen LogP contribution in [0.4, 0.5) is 5.82 Å². The van der Waals surface area contributed by atoms with Crippen LogP contribution in [0.1, 0.15) is 37.0 Å². The van der Waals surface area contributed by atoms with E-state index in [1.165, 1.54) is 0 Å². The number of aromatic amines is 1. The number of hydrogen-bond donors (Lipinski definition) is 2. The first-order valence-corrected chi connectivity index (χ1v) is 12.0. The highest BCUT2D eigenvalue weighted by atomic mass is 35.5. The fraction of sp³-hybridized carbons (Fsp3) is 0.320. The minimum atomic E-state index is -0.352. The van der Waals surface area contributed by atoms with Gasteiger partial charge in [-0.05, 0) is 56.5 Å². The summed E-state index contributed by atoms with van der Waals surface area (Å²) >= 11 is 12.6. The third kappa shape index (κ3) is 4.69. The molecule has 2 N–H and O–H groups in total. The first kappa shape index (κ1) is 22.9. The Labute approximate surface area is 207 Å². The lowest BCUT2D eigenvalue weighted by Gasteiger charge is -2.24. The highest BCUT2D eigenvalue weighted by molar-refractivity contribution is 6.35. The van der Waals surface area contributed by atoms with Crippen LogP contribution in [0.3, 0.4) is 0 Å². The van der Waals surface area contributed by atoms with Crippen molar-refractivity contribution < 1.29 is 9.47 Å². The van der Waals surface area contributed by atoms with E-state index in [9.17, 15) is 0 Å². The molecule has 1 atom stereocenters. The van der Waals surface area contributed by atoms with Gasteiger partial charge in [-0.2, -0.15) is 5.10 Å². The van der Waals surface area contributed by atoms with E-state index in [0.29, 0.717) is 27.4 Å². The Morgan fingerprint density at radius 1 is 1.12 bits per heavy atom. The van der Waals surface area contributed by atoms with Gasteiger partial charge in [-0.15, -0.1) is 0 Å². The van der Waals surface area contributed by atoms with Crippen LogP contribution in [0.2, 0.25) is 10.0 Å². The zero-order valence-electron chi connectivity index (χ0n) is 18.9. The Morgan fingerprint density at radius 3 is 2.62 bits per heavy atom. The van der Waals surface area contributed by atoms with Crippen LogP contribution in [0.5, 0.6) is 5.75 Å². The molecule has 1 fully saturated rings. The highest BCUT2D eigenvalue weighted by Gasteiger charge is 2.18. The predicted octanol–water partition coefficient (Wildman–Crippen LogP) is 6.37. The minimum Gasteiger partial charge on any atom is -0.486 e. The molecule has 1 aromatic carbocycles. The standard InChI is InChI=1S/C25H25Cl2N5O2/c1-14-9-16(11-29-25(14)30-17-5-7-33-8-6-17)24-19-10-18(3-4-22(19)31-32-24)34-15(2)23-20(26)12-28-13-21(23)27/h3-4,9-13,15,17H,5-8H2,1-2H3,(H,29,30)(H,31,32)/t15-/m1/s1. The number of nitrogens with one attached hydrogen (secondary N) is 2. The van der Waals surface area contributed by atoms with Crippen molar-refractivity contribution in [3.05, 3.63) is 64.0 Å². The molecule has 176 valence electrons. The number of benzene rings is 1. The van der Waals surface area contributed by atoms with Crippen LogP contribution >= 0.6 is 23.2 Å². The maximum absolute atomic E-state index is 6.30. The molecule has 0 spiro atoms. The number of nitrogens with zero attached hydrogens (tertiary/aromatic N) is 3. The molecule has 0 saturated carbocycles. The fourth-order valence-corrected chi connectivity index (χ4v) is 4.92. The topological polar surface area (TPSA) is 85.0 Å². The smallest absolute Gasteiger partial charge is 0.129 e. The number of hydrogen-bond acceptors (Lipinski definition) is 6. The van der Waals surface area contributed by atoms with E-state index in [1.54, 1.807) is 12.4 Å². The van der Waals surface area contributed by atoms with Gasteiger partial charge >= 0.3 is 0 Å². The van der Waals surface area contributed by atoms with Gasteiger partial charge in [0.25, 0.3) is 0 Å². The van der Waals surface area contributed by atoms with Gasteiger partial charge in [0.15, 0.2) is 0 Å². The van der Waals surface area contributed by atoms with E-state index in [-0.39, 0.29) is 6.10 Å². The normalized spacial score (nSPS) is 15.4. The van der Waals surface area contributed by atoms with Crippen molar-refractivity contribution in [1.29, 1.82) is 0 Å². The molecule has 0 aliphatic carbocycles. The number of pyridine rings is 2. The van der Waals surface area contributed by atoms with E-state index in [2.05, 4.69) is 33.5 Å². The molecule has 1 aliphatic rings. The number of aromatic nitrogens is 4. The van der Waals surface area contributed by atoms with Gasteiger partial charge in [-0.3, -0.25) is 10.1 Å². The molecular weight excluding hydrogens is 473 g/mol. The minimum absolute atomic E-state index is 0.352. The molecule has 7 nitrogen and oxygen atoms in total. The third-order valence-electron chi connectivity index (χ3n) is 6.06. The summed E-state index contributed by atoms with van der Waals surface area (Å²) in [6, 6.07) is 8.31. The molecule has 1 aliphatic heterocycles. The van der Waals surface area contributed by atoms with Crippen LogP contribution in [0, 0.1) is 6.92 Å². The second kappa shape index (κ2) is 9.78. The van der Waals surface area contributed by atoms with E-state index >= 15 is 0 Å². The largest absolute Gasteiger partial charge is 0.486 e. The van der Waals surface area contributed by atoms with Gasteiger partial charge in [0, 0.05) is 54.4 Å². The first-order chi connectivity index (χ1) is 16.5. The van der Waals surface area contributed by atoms with Gasteiger partial charge in [-0.1, -0.05) is 23.2 Å². The molecule has 3 aromatic heterocycles. The van der Waals surface area contributed by atoms with Crippen LogP contribution in [-0.4, -0.2) is 39.4 Å². The second-order valence-electron chi connectivity index (χ2n) is 8.48. The van der Waals surface area contributed by atoms with Crippen LogP contribution in [-0.2, 0) is 4.74 Å². The van der Waals surface area contributed by atoms with Crippen molar-refractivity contribution in [2.45, 2.75) is 38.8 Å². The average molecular weight is 498 g/mol. The molecule has 5 rings (SSSR count). The van der Waals surface area contributed by atoms with Crippen molar-refractivity contribution >= 4 is 39.9 Å². The third-order valence-corrected chi connectivity index (χ3v) is 6.66. The lowest BCUT2D eigenvalue weighted by Crippen LogP contribution is -2.28. The Hall–Kier alpha value is -2.87. The summed E-state index contributed by atoms with van der Waals surface area (Å²) in [7, 11) is 0. The molecule has 1 saturated heterocycles. The molecule has 4 aromatic rings. The van der Waals surface area contributed by atoms with Crippen molar-refractivity contribution in [2.75, 3.05) is 18.5 Å². The summed E-state index contributed by atoms with van der Waals surface area (Å²) < 4.78 is 11.6. The SMILES string of the molecule is Cc1cc(-c2n[nH]c3ccc(O[C@H](C)c4c(Cl)cncc4Cl)cc23)cnc1NC1CCOCC1. The van der Waals surface area contributed by atoms with Crippen molar-refractivity contribution in [2.24, 2.45) is 0 Å². The number of ether oxygens (including phenoxy) is 2. The molecular formula is C25H25Cl2N5O2. The maximum atomic E-state index is 6.30. The van der Waals surface area contributed by atoms with Crippen LogP contribution in [0.25, 0.3) is 22.2 Å². The summed E-state index contributed by atoms with van der Waals surface area (Å²) in [6.07, 6.45) is 6.62. The molecule has 34 heavy (non-hydrogen) atoms. The zero-order chi connectivity index (χ0) is 23.7. The Bertz CT molecular complexity index is 1300. The first-order valence-electron chi connectivity index (χ1n) is 11.2. The quantitative estimate of drug-likeness (QED) is 0.322. The molecule has 0 unspecified atom stereocenters. The lowest BCUT2D eigenvalue weighted by molar-refractivity contribution is 0.0904. The number of rotatable bonds is 6. The summed E-state index contributed by atoms with van der Waals surface area (Å²) in [5.74, 6) is 1.59. The van der Waals surface area contributed by atoms with Gasteiger partial charge < -0.3 is 14.8 Å². The summed E-state index contributed by atoms with van der Waals surface area (Å²) in [6.45, 7) is 5.55. The van der Waals surface area contributed by atoms with E-state index in [0.717, 1.165) is 59.6 Å². The number of aryl methyl sites for hydroxylation is 1. The van der Waals surface area contributed by atoms with Crippen molar-refractivity contribution in [1.82, 2.24) is 20.2 Å². The van der Waals surface area contributed by atoms with Gasteiger partial charge in [0.1, 0.15) is 23.4 Å². The molecule has 9 heteroatoms. The number of fused-ring (bicyclic) bond motifs is 1. The Kier molecular flexibility index (Phi) is 6.59. The number of H-pyrrole nitrogens is 1. The zero-order valence-corrected chi connectivity index (χ0v) is 20.5. The Balaban J connectivity index is 1.40. The highest BCUT2D eigenvalue weighted by Crippen LogP contribution is 2.35. The van der Waals surface area contributed by atoms with Gasteiger partial charge in [0.2, 0.25) is 0 Å². The van der Waals surface area contributed by atoms with Gasteiger partial charge in [-0.25, -0.2) is 4.98 Å². The van der Waals surface area contributed by atoms with Crippen LogP contribution in [0.15, 0.2) is 42.9 Å². The number of halogens is 2. The predicted molar refractivity (Wildman–Crippen MR) is 135 cm³/mol. The molecule has 0 radical (unpaired) electrons. The molecule has 0 bridgehead atoms. The number of anilines is 1. The molecule has 4 heterocycles. The van der Waals surface area contributed by atoms with E-state index < -0.39 is 0 Å². The monoisotopic (exact) mass is 497 g/mol. The fourth-order valence-electron chi connectivity index (χ4n) is 4.25. The molecule has 0 amide bonds. The van der Waals surface area contributed by atoms with Crippen molar-refractivity contribution in [3.63, 3.8) is 0 Å². The van der Waals surface area contributed by atoms with Gasteiger partial charge in [0.05, 0.1) is 15.6 Å². The summed E-state index contributed by atoms with van der Waals surface area (Å²) in [5.41, 5.74) is 4.45. The summed E-state index contributed by atoms with van der Waals surface area (Å²) in [4.78, 5) is 8.70. The Morgan fingerprint density at radius 2 is 1.88 bits per heavy atom. The van der Waals surface area contributed by atoms with E-state index in [4.69, 9.17) is 37.7 Å². The van der Waals surface area contributed by atoms with Crippen molar-refractivity contribution in [3.8, 4) is 17.0 Å². The second-order valence-corrected chi connectivity index (χ2v) is 9.29. The van der Waals surface area contributed by atoms with E-state index in [1.807, 2.05) is 31.3 Å². The maximum Gasteiger partial charge on any atom is 0.129 e. The van der Waals surface area contributed by atoms with Crippen LogP contribution < -0.4 is 10.1 Å². The summed E-state index contributed by atoms with van der Waals surface area (Å²) in [5, 5.41) is 13.1.